The Labute approximate surface area is 143 Å². The zero-order valence-corrected chi connectivity index (χ0v) is 16.6. The zero-order valence-electron chi connectivity index (χ0n) is 15.6. The van der Waals surface area contributed by atoms with Crippen LogP contribution in [0.3, 0.4) is 0 Å². The summed E-state index contributed by atoms with van der Waals surface area (Å²) >= 11 is 0. The summed E-state index contributed by atoms with van der Waals surface area (Å²) in [5.41, 5.74) is 9.32. The van der Waals surface area contributed by atoms with Crippen molar-refractivity contribution in [2.75, 3.05) is 0 Å². The molecule has 1 N–H and O–H groups in total. The monoisotopic (exact) mass is 328 g/mol. The molecule has 2 rings (SSSR count). The van der Waals surface area contributed by atoms with Crippen LogP contribution in [0.1, 0.15) is 77.0 Å². The van der Waals surface area contributed by atoms with Crippen molar-refractivity contribution in [1.29, 1.82) is 0 Å². The minimum atomic E-state index is -1.67. The highest BCUT2D eigenvalue weighted by molar-refractivity contribution is 6.90. The molecule has 126 valence electrons. The van der Waals surface area contributed by atoms with Gasteiger partial charge in [-0.25, -0.2) is 0 Å². The van der Waals surface area contributed by atoms with Crippen molar-refractivity contribution in [2.45, 2.75) is 83.5 Å². The van der Waals surface area contributed by atoms with Crippen LogP contribution < -0.4 is 0 Å². The normalized spacial score (nSPS) is 15.2. The average Bonchev–Trinajstić information content (AvgIpc) is 3.31. The van der Waals surface area contributed by atoms with Gasteiger partial charge in [0, 0.05) is 5.56 Å². The zero-order chi connectivity index (χ0) is 17.2. The first-order valence-electron chi connectivity index (χ1n) is 9.09. The summed E-state index contributed by atoms with van der Waals surface area (Å²) in [6, 6.07) is 6.39. The standard InChI is InChI=1S/C21H32OSi/c1-15(2)23(16(3)4,17(5)6)12-11-18-7-8-20(14-22)21(13-18)19-9-10-19/h7-8,13,15-17,19,22H,9-10,14H2,1-6H3. The molecule has 0 bridgehead atoms. The third kappa shape index (κ3) is 3.73. The van der Waals surface area contributed by atoms with Gasteiger partial charge in [0.25, 0.3) is 0 Å². The molecular formula is C21H32OSi. The summed E-state index contributed by atoms with van der Waals surface area (Å²) in [5.74, 6) is 4.19. The molecule has 23 heavy (non-hydrogen) atoms. The minimum absolute atomic E-state index is 0.141. The van der Waals surface area contributed by atoms with E-state index in [1.165, 1.54) is 18.4 Å². The summed E-state index contributed by atoms with van der Waals surface area (Å²) in [4.78, 5) is 0. The van der Waals surface area contributed by atoms with E-state index < -0.39 is 8.07 Å². The molecule has 1 nitrogen and oxygen atoms in total. The Morgan fingerprint density at radius 3 is 2.04 bits per heavy atom. The Morgan fingerprint density at radius 2 is 1.61 bits per heavy atom. The van der Waals surface area contributed by atoms with Gasteiger partial charge in [-0.3, -0.25) is 0 Å². The first-order chi connectivity index (χ1) is 10.8. The molecule has 0 unspecified atom stereocenters. The highest BCUT2D eigenvalue weighted by atomic mass is 28.3. The fraction of sp³-hybridized carbons (Fsp3) is 0.619. The molecule has 1 fully saturated rings. The lowest BCUT2D eigenvalue weighted by Crippen LogP contribution is -2.43. The predicted octanol–water partition coefficient (Wildman–Crippen LogP) is 5.63. The van der Waals surface area contributed by atoms with Crippen molar-refractivity contribution in [1.82, 2.24) is 0 Å². The van der Waals surface area contributed by atoms with Crippen molar-refractivity contribution < 1.29 is 5.11 Å². The van der Waals surface area contributed by atoms with Crippen LogP contribution in [-0.4, -0.2) is 13.2 Å². The van der Waals surface area contributed by atoms with E-state index in [-0.39, 0.29) is 6.61 Å². The van der Waals surface area contributed by atoms with E-state index in [4.69, 9.17) is 0 Å². The lowest BCUT2D eigenvalue weighted by Gasteiger charge is -2.38. The summed E-state index contributed by atoms with van der Waals surface area (Å²) < 4.78 is 0. The molecule has 1 aromatic carbocycles. The van der Waals surface area contributed by atoms with Crippen molar-refractivity contribution in [3.05, 3.63) is 34.9 Å². The average molecular weight is 329 g/mol. The van der Waals surface area contributed by atoms with E-state index >= 15 is 0 Å². The van der Waals surface area contributed by atoms with Gasteiger partial charge in [-0.05, 0) is 58.6 Å². The summed E-state index contributed by atoms with van der Waals surface area (Å²) in [6.45, 7) is 14.3. The molecule has 0 heterocycles. The number of hydrogen-bond acceptors (Lipinski definition) is 1. The Kier molecular flexibility index (Phi) is 5.76. The molecule has 1 aromatic rings. The van der Waals surface area contributed by atoms with E-state index in [0.29, 0.717) is 22.5 Å². The summed E-state index contributed by atoms with van der Waals surface area (Å²) in [6.07, 6.45) is 2.51. The Balaban J connectivity index is 2.41. The molecule has 0 radical (unpaired) electrons. The van der Waals surface area contributed by atoms with Crippen LogP contribution in [0.25, 0.3) is 0 Å². The first kappa shape index (κ1) is 18.3. The van der Waals surface area contributed by atoms with Crippen LogP contribution in [0.5, 0.6) is 0 Å². The van der Waals surface area contributed by atoms with Crippen molar-refractivity contribution in [3.63, 3.8) is 0 Å². The van der Waals surface area contributed by atoms with Gasteiger partial charge >= 0.3 is 0 Å². The van der Waals surface area contributed by atoms with Gasteiger partial charge in [0.05, 0.1) is 6.61 Å². The second-order valence-electron chi connectivity index (χ2n) is 7.99. The molecule has 0 aromatic heterocycles. The van der Waals surface area contributed by atoms with E-state index in [1.54, 1.807) is 0 Å². The molecule has 0 saturated heterocycles. The maximum Gasteiger partial charge on any atom is 0.146 e. The van der Waals surface area contributed by atoms with E-state index in [2.05, 4.69) is 71.2 Å². The molecule has 2 heteroatoms. The maximum absolute atomic E-state index is 9.53. The van der Waals surface area contributed by atoms with Gasteiger partial charge < -0.3 is 5.11 Å². The second-order valence-corrected chi connectivity index (χ2v) is 13.6. The molecule has 1 saturated carbocycles. The highest BCUT2D eigenvalue weighted by Gasteiger charge is 2.41. The summed E-state index contributed by atoms with van der Waals surface area (Å²) in [5, 5.41) is 9.53. The van der Waals surface area contributed by atoms with Crippen LogP contribution in [0.4, 0.5) is 0 Å². The number of benzene rings is 1. The van der Waals surface area contributed by atoms with Crippen LogP contribution in [0.15, 0.2) is 18.2 Å². The molecule has 0 spiro atoms. The molecular weight excluding hydrogens is 296 g/mol. The van der Waals surface area contributed by atoms with Crippen LogP contribution in [-0.2, 0) is 6.61 Å². The van der Waals surface area contributed by atoms with Gasteiger partial charge in [-0.1, -0.05) is 53.5 Å². The number of hydrogen-bond donors (Lipinski definition) is 1. The third-order valence-corrected chi connectivity index (χ3v) is 11.9. The van der Waals surface area contributed by atoms with Crippen LogP contribution >= 0.6 is 0 Å². The van der Waals surface area contributed by atoms with Gasteiger partial charge in [0.15, 0.2) is 0 Å². The molecule has 0 atom stereocenters. The maximum atomic E-state index is 9.53. The Hall–Kier alpha value is -1.04. The molecule has 0 amide bonds. The lowest BCUT2D eigenvalue weighted by atomic mass is 10.0. The summed E-state index contributed by atoms with van der Waals surface area (Å²) in [7, 11) is -1.67. The Bertz CT molecular complexity index is 578. The largest absolute Gasteiger partial charge is 0.392 e. The highest BCUT2D eigenvalue weighted by Crippen LogP contribution is 2.42. The quantitative estimate of drug-likeness (QED) is 0.549. The fourth-order valence-electron chi connectivity index (χ4n) is 4.20. The van der Waals surface area contributed by atoms with Gasteiger partial charge in [-0.2, -0.15) is 0 Å². The van der Waals surface area contributed by atoms with Gasteiger partial charge in [0.1, 0.15) is 8.07 Å². The minimum Gasteiger partial charge on any atom is -0.392 e. The first-order valence-corrected chi connectivity index (χ1v) is 11.3. The van der Waals surface area contributed by atoms with Crippen LogP contribution in [0, 0.1) is 11.5 Å². The second kappa shape index (κ2) is 7.24. The Morgan fingerprint density at radius 1 is 1.04 bits per heavy atom. The van der Waals surface area contributed by atoms with E-state index in [0.717, 1.165) is 11.1 Å². The van der Waals surface area contributed by atoms with Crippen molar-refractivity contribution >= 4 is 8.07 Å². The number of rotatable bonds is 5. The van der Waals surface area contributed by atoms with Crippen molar-refractivity contribution in [2.24, 2.45) is 0 Å². The molecule has 0 aliphatic heterocycles. The van der Waals surface area contributed by atoms with Gasteiger partial charge in [0.2, 0.25) is 0 Å². The number of aliphatic hydroxyl groups is 1. The van der Waals surface area contributed by atoms with Crippen molar-refractivity contribution in [3.8, 4) is 11.5 Å². The SMILES string of the molecule is CC(C)[Si](C#Cc1ccc(CO)c(C2CC2)c1)(C(C)C)C(C)C. The fourth-order valence-corrected chi connectivity index (χ4v) is 9.43. The van der Waals surface area contributed by atoms with E-state index in [1.807, 2.05) is 0 Å². The molecule has 1 aliphatic rings. The lowest BCUT2D eigenvalue weighted by molar-refractivity contribution is 0.280. The number of aliphatic hydroxyl groups excluding tert-OH is 1. The predicted molar refractivity (Wildman–Crippen MR) is 102 cm³/mol. The van der Waals surface area contributed by atoms with Crippen LogP contribution in [0.2, 0.25) is 16.6 Å². The van der Waals surface area contributed by atoms with Gasteiger partial charge in [-0.15, -0.1) is 5.54 Å². The third-order valence-electron chi connectivity index (χ3n) is 5.62. The topological polar surface area (TPSA) is 20.2 Å². The smallest absolute Gasteiger partial charge is 0.146 e. The molecule has 1 aliphatic carbocycles. The van der Waals surface area contributed by atoms with E-state index in [9.17, 15) is 5.11 Å².